The third-order valence-corrected chi connectivity index (χ3v) is 5.22. The highest BCUT2D eigenvalue weighted by atomic mass is 15.3. The van der Waals surface area contributed by atoms with Crippen molar-refractivity contribution >= 4 is 11.6 Å². The topological polar surface area (TPSA) is 58.0 Å². The molecule has 4 rings (SSSR count). The molecule has 1 atom stereocenters. The van der Waals surface area contributed by atoms with Crippen LogP contribution in [0.1, 0.15) is 31.2 Å². The van der Waals surface area contributed by atoms with Crippen LogP contribution in [-0.4, -0.2) is 40.9 Å². The second kappa shape index (κ2) is 7.87. The monoisotopic (exact) mass is 340 g/mol. The highest BCUT2D eigenvalue weighted by Crippen LogP contribution is 2.18. The molecule has 4 heterocycles. The zero-order valence-corrected chi connectivity index (χ0v) is 14.8. The van der Waals surface area contributed by atoms with E-state index in [1.165, 1.54) is 31.2 Å². The van der Waals surface area contributed by atoms with Gasteiger partial charge < -0.3 is 15.5 Å². The quantitative estimate of drug-likeness (QED) is 0.876. The fourth-order valence-electron chi connectivity index (χ4n) is 3.75. The summed E-state index contributed by atoms with van der Waals surface area (Å²) in [5.74, 6) is 2.83. The first-order chi connectivity index (χ1) is 12.4. The SMILES string of the molecule is c1cc2n(n1)CC(CNCc1ccc(N3CCCCCC3)nc1)CN2. The molecule has 0 bridgehead atoms. The lowest BCUT2D eigenvalue weighted by molar-refractivity contribution is 0.391. The molecule has 0 saturated carbocycles. The molecule has 134 valence electrons. The van der Waals surface area contributed by atoms with Gasteiger partial charge in [0.1, 0.15) is 11.6 Å². The summed E-state index contributed by atoms with van der Waals surface area (Å²) in [6, 6.07) is 6.42. The predicted molar refractivity (Wildman–Crippen MR) is 101 cm³/mol. The molecule has 0 aliphatic carbocycles. The van der Waals surface area contributed by atoms with Crippen molar-refractivity contribution in [3.63, 3.8) is 0 Å². The van der Waals surface area contributed by atoms with Crippen molar-refractivity contribution in [3.8, 4) is 0 Å². The normalized spacial score (nSPS) is 20.6. The van der Waals surface area contributed by atoms with Gasteiger partial charge in [0.15, 0.2) is 0 Å². The first-order valence-corrected chi connectivity index (χ1v) is 9.55. The lowest BCUT2D eigenvalue weighted by Crippen LogP contribution is -2.35. The number of hydrogen-bond donors (Lipinski definition) is 2. The molecule has 1 fully saturated rings. The van der Waals surface area contributed by atoms with Gasteiger partial charge in [-0.05, 0) is 24.5 Å². The third kappa shape index (κ3) is 4.12. The summed E-state index contributed by atoms with van der Waals surface area (Å²) in [4.78, 5) is 7.12. The molecule has 6 heteroatoms. The van der Waals surface area contributed by atoms with Crippen molar-refractivity contribution in [1.82, 2.24) is 20.1 Å². The third-order valence-electron chi connectivity index (χ3n) is 5.22. The molecular formula is C19H28N6. The Balaban J connectivity index is 1.24. The molecule has 0 radical (unpaired) electrons. The summed E-state index contributed by atoms with van der Waals surface area (Å²) in [5.41, 5.74) is 1.25. The van der Waals surface area contributed by atoms with E-state index in [2.05, 4.69) is 32.8 Å². The molecule has 2 N–H and O–H groups in total. The van der Waals surface area contributed by atoms with E-state index in [9.17, 15) is 0 Å². The Morgan fingerprint density at radius 2 is 2.00 bits per heavy atom. The minimum absolute atomic E-state index is 0.566. The zero-order valence-electron chi connectivity index (χ0n) is 14.8. The smallest absolute Gasteiger partial charge is 0.128 e. The molecule has 2 aliphatic heterocycles. The number of pyridine rings is 1. The van der Waals surface area contributed by atoms with Crippen molar-refractivity contribution in [2.75, 3.05) is 36.4 Å². The average molecular weight is 340 g/mol. The summed E-state index contributed by atoms with van der Waals surface area (Å²) in [6.07, 6.45) is 9.17. The van der Waals surface area contributed by atoms with E-state index in [1.807, 2.05) is 23.1 Å². The molecule has 2 aromatic rings. The van der Waals surface area contributed by atoms with Gasteiger partial charge in [0, 0.05) is 57.4 Å². The molecule has 2 aromatic heterocycles. The fraction of sp³-hybridized carbons (Fsp3) is 0.579. The van der Waals surface area contributed by atoms with Crippen molar-refractivity contribution < 1.29 is 0 Å². The Kier molecular flexibility index (Phi) is 5.16. The highest BCUT2D eigenvalue weighted by molar-refractivity contribution is 5.39. The number of hydrogen-bond acceptors (Lipinski definition) is 5. The van der Waals surface area contributed by atoms with E-state index in [0.717, 1.165) is 50.9 Å². The van der Waals surface area contributed by atoms with Crippen LogP contribution in [0, 0.1) is 5.92 Å². The molecular weight excluding hydrogens is 312 g/mol. The van der Waals surface area contributed by atoms with Gasteiger partial charge in [-0.2, -0.15) is 5.10 Å². The average Bonchev–Trinajstić information content (AvgIpc) is 2.94. The maximum absolute atomic E-state index is 4.69. The Morgan fingerprint density at radius 3 is 2.80 bits per heavy atom. The number of aromatic nitrogens is 3. The van der Waals surface area contributed by atoms with Gasteiger partial charge >= 0.3 is 0 Å². The van der Waals surface area contributed by atoms with Crippen LogP contribution in [-0.2, 0) is 13.1 Å². The van der Waals surface area contributed by atoms with Gasteiger partial charge in [-0.15, -0.1) is 0 Å². The Bertz CT molecular complexity index is 657. The van der Waals surface area contributed by atoms with E-state index < -0.39 is 0 Å². The summed E-state index contributed by atoms with van der Waals surface area (Å²) in [6.45, 7) is 6.14. The molecule has 0 amide bonds. The minimum atomic E-state index is 0.566. The number of fused-ring (bicyclic) bond motifs is 1. The summed E-state index contributed by atoms with van der Waals surface area (Å²) in [7, 11) is 0. The lowest BCUT2D eigenvalue weighted by atomic mass is 10.1. The Morgan fingerprint density at radius 1 is 1.12 bits per heavy atom. The molecule has 1 saturated heterocycles. The van der Waals surface area contributed by atoms with Gasteiger partial charge in [-0.3, -0.25) is 0 Å². The number of rotatable bonds is 5. The standard InChI is InChI=1S/C19H28N6/c1-2-4-10-24(9-3-1)18-6-5-16(13-21-18)11-20-12-17-14-22-19-7-8-23-25(19)15-17/h5-8,13,17,20,22H,1-4,9-12,14-15H2. The number of nitrogens with one attached hydrogen (secondary N) is 2. The highest BCUT2D eigenvalue weighted by Gasteiger charge is 2.17. The largest absolute Gasteiger partial charge is 0.370 e. The molecule has 1 unspecified atom stereocenters. The Labute approximate surface area is 149 Å². The second-order valence-corrected chi connectivity index (χ2v) is 7.20. The zero-order chi connectivity index (χ0) is 16.9. The van der Waals surface area contributed by atoms with Crippen LogP contribution in [0.15, 0.2) is 30.6 Å². The minimum Gasteiger partial charge on any atom is -0.370 e. The van der Waals surface area contributed by atoms with Crippen molar-refractivity contribution in [2.24, 2.45) is 5.92 Å². The van der Waals surface area contributed by atoms with Crippen molar-refractivity contribution in [3.05, 3.63) is 36.2 Å². The van der Waals surface area contributed by atoms with E-state index in [0.29, 0.717) is 5.92 Å². The summed E-state index contributed by atoms with van der Waals surface area (Å²) < 4.78 is 2.05. The van der Waals surface area contributed by atoms with Crippen LogP contribution >= 0.6 is 0 Å². The van der Waals surface area contributed by atoms with Crippen LogP contribution in [0.25, 0.3) is 0 Å². The fourth-order valence-corrected chi connectivity index (χ4v) is 3.75. The molecule has 6 nitrogen and oxygen atoms in total. The van der Waals surface area contributed by atoms with Crippen LogP contribution in [0.5, 0.6) is 0 Å². The van der Waals surface area contributed by atoms with Crippen LogP contribution in [0.4, 0.5) is 11.6 Å². The number of nitrogens with zero attached hydrogens (tertiary/aromatic N) is 4. The molecule has 25 heavy (non-hydrogen) atoms. The van der Waals surface area contributed by atoms with Gasteiger partial charge in [0.2, 0.25) is 0 Å². The lowest BCUT2D eigenvalue weighted by Gasteiger charge is -2.25. The molecule has 2 aliphatic rings. The summed E-state index contributed by atoms with van der Waals surface area (Å²) in [5, 5.41) is 11.3. The first kappa shape index (κ1) is 16.4. The number of anilines is 2. The predicted octanol–water partition coefficient (Wildman–Crippen LogP) is 2.49. The van der Waals surface area contributed by atoms with E-state index in [4.69, 9.17) is 4.98 Å². The van der Waals surface area contributed by atoms with E-state index >= 15 is 0 Å². The van der Waals surface area contributed by atoms with E-state index in [1.54, 1.807) is 0 Å². The Hall–Kier alpha value is -2.08. The maximum Gasteiger partial charge on any atom is 0.128 e. The van der Waals surface area contributed by atoms with Gasteiger partial charge in [0.05, 0.1) is 6.20 Å². The molecule has 0 aromatic carbocycles. The first-order valence-electron chi connectivity index (χ1n) is 9.55. The van der Waals surface area contributed by atoms with Crippen molar-refractivity contribution in [2.45, 2.75) is 38.8 Å². The second-order valence-electron chi connectivity index (χ2n) is 7.20. The van der Waals surface area contributed by atoms with Gasteiger partial charge in [-0.1, -0.05) is 18.9 Å². The van der Waals surface area contributed by atoms with Gasteiger partial charge in [-0.25, -0.2) is 9.67 Å². The van der Waals surface area contributed by atoms with E-state index in [-0.39, 0.29) is 0 Å². The van der Waals surface area contributed by atoms with Crippen LogP contribution in [0.2, 0.25) is 0 Å². The van der Waals surface area contributed by atoms with Crippen LogP contribution < -0.4 is 15.5 Å². The summed E-state index contributed by atoms with van der Waals surface area (Å²) >= 11 is 0. The van der Waals surface area contributed by atoms with Gasteiger partial charge in [0.25, 0.3) is 0 Å². The maximum atomic E-state index is 4.69. The van der Waals surface area contributed by atoms with Crippen molar-refractivity contribution in [1.29, 1.82) is 0 Å². The molecule has 0 spiro atoms. The van der Waals surface area contributed by atoms with Crippen LogP contribution in [0.3, 0.4) is 0 Å².